The number of halogens is 5. The molecule has 3 rings (SSSR count). The number of hydrogen-bond acceptors (Lipinski definition) is 5. The first kappa shape index (κ1) is 26.7. The van der Waals surface area contributed by atoms with Gasteiger partial charge in [-0.25, -0.2) is 8.78 Å². The van der Waals surface area contributed by atoms with Crippen molar-refractivity contribution >= 4 is 11.6 Å². The van der Waals surface area contributed by atoms with Crippen LogP contribution in [0.25, 0.3) is 11.1 Å². The Morgan fingerprint density at radius 1 is 1.03 bits per heavy atom. The summed E-state index contributed by atoms with van der Waals surface area (Å²) in [5.41, 5.74) is -2.24. The summed E-state index contributed by atoms with van der Waals surface area (Å²) in [6.45, 7) is 0.998. The fraction of sp³-hybridized carbons (Fsp3) is 0.250. The number of ether oxygens (including phenoxy) is 2. The van der Waals surface area contributed by atoms with Crippen molar-refractivity contribution in [3.63, 3.8) is 0 Å². The molecule has 3 N–H and O–H groups in total. The number of anilines is 1. The van der Waals surface area contributed by atoms with Gasteiger partial charge in [-0.1, -0.05) is 0 Å². The van der Waals surface area contributed by atoms with Crippen molar-refractivity contribution in [3.8, 4) is 22.6 Å². The van der Waals surface area contributed by atoms with Crippen LogP contribution >= 0.6 is 0 Å². The molecule has 1 heterocycles. The van der Waals surface area contributed by atoms with E-state index in [1.165, 1.54) is 12.3 Å². The molecule has 7 nitrogen and oxygen atoms in total. The number of pyridine rings is 1. The first-order valence-corrected chi connectivity index (χ1v) is 10.6. The third-order valence-electron chi connectivity index (χ3n) is 4.90. The Morgan fingerprint density at radius 2 is 1.72 bits per heavy atom. The van der Waals surface area contributed by atoms with Crippen LogP contribution in [0, 0.1) is 11.6 Å². The number of H-pyrrole nitrogens is 1. The number of alkyl halides is 3. The maximum Gasteiger partial charge on any atom is 0.420 e. The molecule has 0 saturated carbocycles. The molecule has 36 heavy (non-hydrogen) atoms. The zero-order valence-electron chi connectivity index (χ0n) is 18.8. The van der Waals surface area contributed by atoms with Crippen molar-refractivity contribution in [2.75, 3.05) is 25.1 Å². The lowest BCUT2D eigenvalue weighted by molar-refractivity contribution is -0.139. The molecular formula is C24H21F5N2O5. The predicted molar refractivity (Wildman–Crippen MR) is 120 cm³/mol. The normalized spacial score (nSPS) is 11.3. The number of aliphatic hydroxyl groups is 1. The zero-order chi connectivity index (χ0) is 26.5. The number of carbonyl (C=O) groups is 1. The lowest BCUT2D eigenvalue weighted by Crippen LogP contribution is -2.17. The van der Waals surface area contributed by atoms with Gasteiger partial charge in [0.15, 0.2) is 5.75 Å². The van der Waals surface area contributed by atoms with Crippen LogP contribution in [0.1, 0.15) is 18.1 Å². The maximum absolute atomic E-state index is 14.7. The lowest BCUT2D eigenvalue weighted by atomic mass is 10.0. The molecule has 3 aromatic rings. The number of nitrogens with one attached hydrogen (secondary N) is 2. The summed E-state index contributed by atoms with van der Waals surface area (Å²) < 4.78 is 79.4. The highest BCUT2D eigenvalue weighted by Gasteiger charge is 2.35. The van der Waals surface area contributed by atoms with Gasteiger partial charge in [0.05, 0.1) is 25.2 Å². The zero-order valence-corrected chi connectivity index (χ0v) is 18.8. The number of aliphatic hydroxyl groups excluding tert-OH is 1. The highest BCUT2D eigenvalue weighted by atomic mass is 19.4. The highest BCUT2D eigenvalue weighted by molar-refractivity contribution is 5.92. The van der Waals surface area contributed by atoms with Crippen molar-refractivity contribution in [2.45, 2.75) is 19.5 Å². The predicted octanol–water partition coefficient (Wildman–Crippen LogP) is 4.29. The highest BCUT2D eigenvalue weighted by Crippen LogP contribution is 2.38. The third-order valence-corrected chi connectivity index (χ3v) is 4.90. The Hall–Kier alpha value is -3.93. The van der Waals surface area contributed by atoms with Crippen molar-refractivity contribution in [2.24, 2.45) is 0 Å². The topological polar surface area (TPSA) is 101 Å². The van der Waals surface area contributed by atoms with E-state index in [0.717, 1.165) is 24.3 Å². The smallest absolute Gasteiger partial charge is 0.420 e. The van der Waals surface area contributed by atoms with Crippen LogP contribution in [0.3, 0.4) is 0 Å². The minimum absolute atomic E-state index is 0.0368. The fourth-order valence-electron chi connectivity index (χ4n) is 3.31. The molecule has 0 unspecified atom stereocenters. The molecule has 0 aliphatic heterocycles. The van der Waals surface area contributed by atoms with Crippen LogP contribution < -0.4 is 20.3 Å². The number of aromatic amines is 1. The van der Waals surface area contributed by atoms with Gasteiger partial charge in [-0.05, 0) is 48.9 Å². The Morgan fingerprint density at radius 3 is 2.33 bits per heavy atom. The molecule has 0 saturated heterocycles. The fourth-order valence-corrected chi connectivity index (χ4v) is 3.31. The second-order valence-corrected chi connectivity index (χ2v) is 7.44. The van der Waals surface area contributed by atoms with E-state index >= 15 is 0 Å². The van der Waals surface area contributed by atoms with E-state index in [-0.39, 0.29) is 35.8 Å². The van der Waals surface area contributed by atoms with Crippen LogP contribution in [-0.2, 0) is 17.4 Å². The molecule has 12 heteroatoms. The molecule has 0 spiro atoms. The van der Waals surface area contributed by atoms with Gasteiger partial charge in [-0.3, -0.25) is 9.59 Å². The Balaban J connectivity index is 1.81. The Bertz CT molecular complexity index is 1280. The van der Waals surface area contributed by atoms with E-state index in [2.05, 4.69) is 10.3 Å². The molecular weight excluding hydrogens is 491 g/mol. The Kier molecular flexibility index (Phi) is 8.30. The molecule has 2 aromatic carbocycles. The number of amides is 1. The molecule has 0 radical (unpaired) electrons. The van der Waals surface area contributed by atoms with E-state index in [0.29, 0.717) is 6.07 Å². The first-order valence-electron chi connectivity index (χ1n) is 10.6. The van der Waals surface area contributed by atoms with E-state index < -0.39 is 59.2 Å². The van der Waals surface area contributed by atoms with Gasteiger partial charge in [0.2, 0.25) is 5.91 Å². The second-order valence-electron chi connectivity index (χ2n) is 7.44. The molecule has 1 aromatic heterocycles. The van der Waals surface area contributed by atoms with Crippen LogP contribution in [0.5, 0.6) is 11.5 Å². The summed E-state index contributed by atoms with van der Waals surface area (Å²) in [4.78, 5) is 26.5. The van der Waals surface area contributed by atoms with E-state index in [1.807, 2.05) is 0 Å². The van der Waals surface area contributed by atoms with Crippen molar-refractivity contribution in [3.05, 3.63) is 75.7 Å². The molecule has 0 fully saturated rings. The van der Waals surface area contributed by atoms with Crippen LogP contribution in [0.2, 0.25) is 0 Å². The number of benzene rings is 2. The summed E-state index contributed by atoms with van der Waals surface area (Å²) in [6.07, 6.45) is -4.36. The Labute approximate surface area is 201 Å². The van der Waals surface area contributed by atoms with Gasteiger partial charge in [0.1, 0.15) is 24.0 Å². The molecule has 0 aliphatic rings. The number of carbonyl (C=O) groups excluding carboxylic acids is 1. The van der Waals surface area contributed by atoms with Gasteiger partial charge in [-0.15, -0.1) is 0 Å². The second kappa shape index (κ2) is 11.2. The lowest BCUT2D eigenvalue weighted by Gasteiger charge is -2.15. The number of aromatic nitrogens is 1. The SMILES string of the molecule is CCOc1cc(-c2cc(F)c(CC(=O)Nc3ccc(OCCO)c(C(F)(F)F)c3)c(F)c2)c[nH]c1=O. The van der Waals surface area contributed by atoms with Gasteiger partial charge in [0.25, 0.3) is 5.56 Å². The van der Waals surface area contributed by atoms with Gasteiger partial charge in [-0.2, -0.15) is 13.2 Å². The molecule has 0 aliphatic carbocycles. The van der Waals surface area contributed by atoms with Crippen LogP contribution in [0.4, 0.5) is 27.6 Å². The van der Waals surface area contributed by atoms with Crippen molar-refractivity contribution in [1.29, 1.82) is 0 Å². The van der Waals surface area contributed by atoms with E-state index in [9.17, 15) is 31.5 Å². The summed E-state index contributed by atoms with van der Waals surface area (Å²) >= 11 is 0. The van der Waals surface area contributed by atoms with Crippen LogP contribution in [0.15, 0.2) is 47.4 Å². The molecule has 0 atom stereocenters. The quantitative estimate of drug-likeness (QED) is 0.372. The number of hydrogen-bond donors (Lipinski definition) is 3. The van der Waals surface area contributed by atoms with Crippen LogP contribution in [-0.4, -0.2) is 35.8 Å². The van der Waals surface area contributed by atoms with Gasteiger partial charge in [0, 0.05) is 23.0 Å². The molecule has 1 amide bonds. The summed E-state index contributed by atoms with van der Waals surface area (Å²) in [5.74, 6) is -3.66. The monoisotopic (exact) mass is 512 g/mol. The van der Waals surface area contributed by atoms with E-state index in [1.54, 1.807) is 6.92 Å². The standard InChI is InChI=1S/C24H21F5N2O5/c1-2-35-21-9-14(12-30-23(21)34)13-7-18(25)16(19(26)8-13)11-22(33)31-15-3-4-20(36-6-5-32)17(10-15)24(27,28)29/h3-4,7-10,12,32H,2,5-6,11H2,1H3,(H,30,34)(H,31,33). The van der Waals surface area contributed by atoms with Gasteiger partial charge >= 0.3 is 6.18 Å². The minimum atomic E-state index is -4.82. The minimum Gasteiger partial charge on any atom is -0.491 e. The number of rotatable bonds is 9. The summed E-state index contributed by atoms with van der Waals surface area (Å²) in [7, 11) is 0. The average molecular weight is 512 g/mol. The van der Waals surface area contributed by atoms with Crippen molar-refractivity contribution < 1.29 is 41.3 Å². The molecule has 192 valence electrons. The first-order chi connectivity index (χ1) is 17.0. The molecule has 0 bridgehead atoms. The summed E-state index contributed by atoms with van der Waals surface area (Å²) in [5, 5.41) is 10.9. The van der Waals surface area contributed by atoms with Gasteiger partial charge < -0.3 is 24.9 Å². The van der Waals surface area contributed by atoms with E-state index in [4.69, 9.17) is 14.6 Å². The summed E-state index contributed by atoms with van der Waals surface area (Å²) in [6, 6.07) is 5.95. The largest absolute Gasteiger partial charge is 0.491 e. The van der Waals surface area contributed by atoms with Crippen molar-refractivity contribution in [1.82, 2.24) is 4.98 Å². The third kappa shape index (κ3) is 6.39. The average Bonchev–Trinajstić information content (AvgIpc) is 2.81. The maximum atomic E-state index is 14.7.